The van der Waals surface area contributed by atoms with Crippen LogP contribution < -0.4 is 15.4 Å². The summed E-state index contributed by atoms with van der Waals surface area (Å²) in [6, 6.07) is 4.59. The molecule has 0 aliphatic heterocycles. The van der Waals surface area contributed by atoms with Crippen LogP contribution in [0.2, 0.25) is 0 Å². The van der Waals surface area contributed by atoms with Gasteiger partial charge in [0.25, 0.3) is 0 Å². The van der Waals surface area contributed by atoms with E-state index in [9.17, 15) is 13.6 Å². The monoisotopic (exact) mass is 468 g/mol. The van der Waals surface area contributed by atoms with Crippen molar-refractivity contribution < 1.29 is 23.0 Å². The van der Waals surface area contributed by atoms with Gasteiger partial charge in [-0.1, -0.05) is 12.8 Å². The molecule has 1 aliphatic carbocycles. The maximum absolute atomic E-state index is 12.7. The van der Waals surface area contributed by atoms with Gasteiger partial charge in [-0.25, -0.2) is 4.79 Å². The number of rotatable bonds is 6. The summed E-state index contributed by atoms with van der Waals surface area (Å²) in [5.74, 6) is -0.254. The molecule has 5 nitrogen and oxygen atoms in total. The van der Waals surface area contributed by atoms with Crippen molar-refractivity contribution in [2.24, 2.45) is 0 Å². The van der Waals surface area contributed by atoms with Crippen LogP contribution >= 0.6 is 23.6 Å². The van der Waals surface area contributed by atoms with Gasteiger partial charge < -0.3 is 20.1 Å². The lowest BCUT2D eigenvalue weighted by molar-refractivity contribution is -0.0498. The number of carbonyl (C=O) groups is 1. The first-order chi connectivity index (χ1) is 14.9. The number of alkyl halides is 2. The Balaban J connectivity index is 1.80. The summed E-state index contributed by atoms with van der Waals surface area (Å²) in [6.45, 7) is 0.986. The maximum Gasteiger partial charge on any atom is 0.387 e. The number of aryl methyl sites for hydroxylation is 2. The average Bonchev–Trinajstić information content (AvgIpc) is 2.99. The van der Waals surface area contributed by atoms with E-state index in [0.29, 0.717) is 33.5 Å². The number of nitrogens with one attached hydrogen (secondary N) is 2. The van der Waals surface area contributed by atoms with Crippen LogP contribution in [0.15, 0.2) is 18.2 Å². The molecule has 0 saturated heterocycles. The van der Waals surface area contributed by atoms with Gasteiger partial charge in [-0.3, -0.25) is 0 Å². The second-order valence-corrected chi connectivity index (χ2v) is 8.79. The van der Waals surface area contributed by atoms with Crippen LogP contribution in [0.3, 0.4) is 0 Å². The van der Waals surface area contributed by atoms with Crippen LogP contribution in [0.25, 0.3) is 0 Å². The van der Waals surface area contributed by atoms with Crippen LogP contribution in [0.4, 0.5) is 19.5 Å². The molecule has 2 N–H and O–H groups in total. The summed E-state index contributed by atoms with van der Waals surface area (Å²) in [5, 5.41) is 7.22. The minimum absolute atomic E-state index is 0.0830. The third-order valence-electron chi connectivity index (χ3n) is 5.05. The van der Waals surface area contributed by atoms with Crippen molar-refractivity contribution in [3.63, 3.8) is 0 Å². The van der Waals surface area contributed by atoms with E-state index in [0.717, 1.165) is 37.7 Å². The molecule has 0 fully saturated rings. The number of ether oxygens (including phenoxy) is 2. The molecule has 1 heterocycles. The molecule has 0 atom stereocenters. The Morgan fingerprint density at radius 3 is 2.61 bits per heavy atom. The predicted octanol–water partition coefficient (Wildman–Crippen LogP) is 6.30. The van der Waals surface area contributed by atoms with E-state index in [1.54, 1.807) is 31.3 Å². The molecule has 1 aromatic heterocycles. The fraction of sp³-hybridized carbons (Fsp3) is 0.455. The molecule has 3 rings (SSSR count). The zero-order chi connectivity index (χ0) is 22.4. The highest BCUT2D eigenvalue weighted by atomic mass is 32.1. The van der Waals surface area contributed by atoms with E-state index in [2.05, 4.69) is 15.4 Å². The predicted molar refractivity (Wildman–Crippen MR) is 124 cm³/mol. The third kappa shape index (κ3) is 6.13. The molecule has 0 spiro atoms. The average molecular weight is 469 g/mol. The first kappa shape index (κ1) is 23.4. The normalized spacial score (nSPS) is 13.7. The van der Waals surface area contributed by atoms with Gasteiger partial charge in [0.2, 0.25) is 0 Å². The Morgan fingerprint density at radius 2 is 1.94 bits per heavy atom. The molecular formula is C22H26F2N2O3S2. The van der Waals surface area contributed by atoms with Crippen molar-refractivity contribution in [2.75, 3.05) is 17.2 Å². The standard InChI is InChI=1S/C22H26F2N2O3S2/c1-3-28-20(27)18-15-8-6-4-5-7-9-17(15)31-19(18)26-22(30)25-16-11-10-14(12-13(16)2)29-21(23)24/h10-12,21H,3-9H2,1-2H3,(H2,25,26,30). The van der Waals surface area contributed by atoms with Crippen molar-refractivity contribution in [3.05, 3.63) is 39.8 Å². The van der Waals surface area contributed by atoms with Crippen molar-refractivity contribution in [1.29, 1.82) is 0 Å². The Bertz CT molecular complexity index is 947. The number of thiocarbonyl (C=S) groups is 1. The van der Waals surface area contributed by atoms with Crippen molar-refractivity contribution in [3.8, 4) is 5.75 Å². The van der Waals surface area contributed by atoms with E-state index in [4.69, 9.17) is 17.0 Å². The Labute approximate surface area is 190 Å². The zero-order valence-electron chi connectivity index (χ0n) is 17.6. The molecule has 31 heavy (non-hydrogen) atoms. The van der Waals surface area contributed by atoms with Gasteiger partial charge in [0.15, 0.2) is 5.11 Å². The fourth-order valence-corrected chi connectivity index (χ4v) is 5.19. The molecule has 1 aromatic carbocycles. The first-order valence-electron chi connectivity index (χ1n) is 10.3. The van der Waals surface area contributed by atoms with Gasteiger partial charge in [0, 0.05) is 10.6 Å². The SMILES string of the molecule is CCOC(=O)c1c(NC(=S)Nc2ccc(OC(F)F)cc2C)sc2c1CCCCCC2. The topological polar surface area (TPSA) is 59.6 Å². The van der Waals surface area contributed by atoms with Crippen LogP contribution in [0, 0.1) is 6.92 Å². The van der Waals surface area contributed by atoms with Gasteiger partial charge in [0.05, 0.1) is 12.2 Å². The molecule has 0 saturated carbocycles. The van der Waals surface area contributed by atoms with Gasteiger partial charge >= 0.3 is 12.6 Å². The minimum atomic E-state index is -2.87. The van der Waals surface area contributed by atoms with E-state index in [1.165, 1.54) is 23.4 Å². The molecule has 168 valence electrons. The molecule has 0 amide bonds. The third-order valence-corrected chi connectivity index (χ3v) is 6.46. The highest BCUT2D eigenvalue weighted by Crippen LogP contribution is 2.37. The number of thiophene rings is 1. The van der Waals surface area contributed by atoms with Crippen molar-refractivity contribution in [2.45, 2.75) is 59.0 Å². The summed E-state index contributed by atoms with van der Waals surface area (Å²) in [6.07, 6.45) is 6.30. The summed E-state index contributed by atoms with van der Waals surface area (Å²) >= 11 is 7.01. The number of halogens is 2. The summed E-state index contributed by atoms with van der Waals surface area (Å²) in [5.41, 5.74) is 3.00. The van der Waals surface area contributed by atoms with Gasteiger partial charge in [0.1, 0.15) is 10.8 Å². The fourth-order valence-electron chi connectivity index (χ4n) is 3.64. The molecule has 9 heteroatoms. The second kappa shape index (κ2) is 10.9. The first-order valence-corrected chi connectivity index (χ1v) is 11.6. The number of hydrogen-bond donors (Lipinski definition) is 2. The van der Waals surface area contributed by atoms with Crippen LogP contribution in [0.1, 0.15) is 59.0 Å². The Morgan fingerprint density at radius 1 is 1.19 bits per heavy atom. The highest BCUT2D eigenvalue weighted by Gasteiger charge is 2.25. The number of esters is 1. The molecule has 0 radical (unpaired) electrons. The second-order valence-electron chi connectivity index (χ2n) is 7.28. The lowest BCUT2D eigenvalue weighted by atomic mass is 9.96. The molecule has 0 unspecified atom stereocenters. The van der Waals surface area contributed by atoms with Crippen molar-refractivity contribution >= 4 is 45.3 Å². The molecular weight excluding hydrogens is 442 g/mol. The number of benzene rings is 1. The minimum Gasteiger partial charge on any atom is -0.462 e. The molecule has 0 bridgehead atoms. The lowest BCUT2D eigenvalue weighted by Crippen LogP contribution is -2.21. The van der Waals surface area contributed by atoms with Gasteiger partial charge in [-0.15, -0.1) is 11.3 Å². The quantitative estimate of drug-likeness (QED) is 0.383. The molecule has 2 aromatic rings. The van der Waals surface area contributed by atoms with Crippen LogP contribution in [-0.4, -0.2) is 24.3 Å². The van der Waals surface area contributed by atoms with E-state index in [-0.39, 0.29) is 11.7 Å². The van der Waals surface area contributed by atoms with E-state index < -0.39 is 6.61 Å². The largest absolute Gasteiger partial charge is 0.462 e. The summed E-state index contributed by atoms with van der Waals surface area (Å²) < 4.78 is 34.6. The zero-order valence-corrected chi connectivity index (χ0v) is 19.2. The van der Waals surface area contributed by atoms with E-state index in [1.807, 2.05) is 0 Å². The van der Waals surface area contributed by atoms with Crippen molar-refractivity contribution in [1.82, 2.24) is 0 Å². The van der Waals surface area contributed by atoms with E-state index >= 15 is 0 Å². The van der Waals surface area contributed by atoms with Gasteiger partial charge in [-0.05, 0) is 81.1 Å². The van der Waals surface area contributed by atoms with Gasteiger partial charge in [-0.2, -0.15) is 8.78 Å². The summed E-state index contributed by atoms with van der Waals surface area (Å²) in [4.78, 5) is 13.9. The highest BCUT2D eigenvalue weighted by molar-refractivity contribution is 7.80. The number of carbonyl (C=O) groups excluding carboxylic acids is 1. The number of anilines is 2. The summed E-state index contributed by atoms with van der Waals surface area (Å²) in [7, 11) is 0. The smallest absolute Gasteiger partial charge is 0.387 e. The Hall–Kier alpha value is -2.26. The Kier molecular flexibility index (Phi) is 8.20. The number of fused-ring (bicyclic) bond motifs is 1. The van der Waals surface area contributed by atoms with Crippen LogP contribution in [0.5, 0.6) is 5.75 Å². The van der Waals surface area contributed by atoms with Crippen LogP contribution in [-0.2, 0) is 17.6 Å². The lowest BCUT2D eigenvalue weighted by Gasteiger charge is -2.14. The maximum atomic E-state index is 12.7. The molecule has 1 aliphatic rings. The number of hydrogen-bond acceptors (Lipinski definition) is 5.